The number of benzene rings is 1. The molecule has 8 nitrogen and oxygen atoms in total. The lowest BCUT2D eigenvalue weighted by atomic mass is 10.0. The Balaban J connectivity index is 1.85. The average molecular weight is 549 g/mol. The van der Waals surface area contributed by atoms with Crippen LogP contribution in [0.15, 0.2) is 60.9 Å². The molecule has 1 amide bonds. The van der Waals surface area contributed by atoms with Crippen molar-refractivity contribution in [3.05, 3.63) is 71.9 Å². The van der Waals surface area contributed by atoms with Gasteiger partial charge in [-0.2, -0.15) is 18.3 Å². The predicted octanol–water partition coefficient (Wildman–Crippen LogP) is 6.49. The van der Waals surface area contributed by atoms with Gasteiger partial charge in [0.15, 0.2) is 11.0 Å². The molecule has 0 radical (unpaired) electrons. The van der Waals surface area contributed by atoms with Gasteiger partial charge < -0.3 is 4.74 Å². The zero-order chi connectivity index (χ0) is 27.7. The fourth-order valence-electron chi connectivity index (χ4n) is 3.45. The molecule has 0 fully saturated rings. The lowest BCUT2D eigenvalue weighted by Gasteiger charge is -2.27. The van der Waals surface area contributed by atoms with E-state index in [0.717, 1.165) is 0 Å². The zero-order valence-corrected chi connectivity index (χ0v) is 21.1. The molecule has 0 bridgehead atoms. The second-order valence-electron chi connectivity index (χ2n) is 9.11. The molecule has 198 valence electrons. The van der Waals surface area contributed by atoms with E-state index in [0.29, 0.717) is 16.0 Å². The number of hydrogen-bond donors (Lipinski definition) is 0. The Morgan fingerprint density at radius 3 is 2.42 bits per heavy atom. The summed E-state index contributed by atoms with van der Waals surface area (Å²) in [6, 6.07) is 11.7. The maximum absolute atomic E-state index is 14.8. The van der Waals surface area contributed by atoms with E-state index >= 15 is 0 Å². The van der Waals surface area contributed by atoms with E-state index < -0.39 is 30.2 Å². The Bertz CT molecular complexity index is 1450. The molecule has 1 aromatic carbocycles. The third kappa shape index (κ3) is 6.43. The molecule has 0 unspecified atom stereocenters. The number of anilines is 1. The van der Waals surface area contributed by atoms with Gasteiger partial charge in [0.1, 0.15) is 29.5 Å². The van der Waals surface area contributed by atoms with E-state index in [-0.39, 0.29) is 28.0 Å². The van der Waals surface area contributed by atoms with Gasteiger partial charge in [-0.25, -0.2) is 18.9 Å². The first kappa shape index (κ1) is 27.0. The number of rotatable bonds is 5. The van der Waals surface area contributed by atoms with Gasteiger partial charge in [-0.3, -0.25) is 4.90 Å². The Kier molecular flexibility index (Phi) is 7.36. The smallest absolute Gasteiger partial charge is 0.416 e. The van der Waals surface area contributed by atoms with Crippen LogP contribution in [0.1, 0.15) is 20.8 Å². The average Bonchev–Trinajstić information content (AvgIpc) is 3.27. The third-order valence-electron chi connectivity index (χ3n) is 4.98. The topological polar surface area (TPSA) is 86.0 Å². The van der Waals surface area contributed by atoms with E-state index in [1.807, 2.05) is 0 Å². The molecule has 13 heteroatoms. The van der Waals surface area contributed by atoms with Crippen LogP contribution in [0.2, 0.25) is 5.15 Å². The first-order valence-electron chi connectivity index (χ1n) is 11.2. The summed E-state index contributed by atoms with van der Waals surface area (Å²) in [6.45, 7) is 2.98. The molecule has 4 aromatic rings. The van der Waals surface area contributed by atoms with Crippen molar-refractivity contribution in [3.63, 3.8) is 0 Å². The van der Waals surface area contributed by atoms with Crippen LogP contribution in [0.4, 0.5) is 28.2 Å². The number of pyridine rings is 1. The van der Waals surface area contributed by atoms with E-state index in [1.54, 1.807) is 12.1 Å². The number of aromatic nitrogens is 5. The number of carbonyl (C=O) groups excluding carboxylic acids is 1. The maximum atomic E-state index is 14.8. The number of hydrogen-bond acceptors (Lipinski definition) is 6. The van der Waals surface area contributed by atoms with Gasteiger partial charge in [0.2, 0.25) is 0 Å². The quantitative estimate of drug-likeness (QED) is 0.265. The largest absolute Gasteiger partial charge is 0.443 e. The molecule has 0 saturated heterocycles. The van der Waals surface area contributed by atoms with Gasteiger partial charge in [0, 0.05) is 23.5 Å². The van der Waals surface area contributed by atoms with Crippen molar-refractivity contribution in [2.24, 2.45) is 0 Å². The van der Waals surface area contributed by atoms with E-state index in [2.05, 4.69) is 20.3 Å². The molecule has 0 N–H and O–H groups in total. The van der Waals surface area contributed by atoms with E-state index in [9.17, 15) is 22.4 Å². The minimum atomic E-state index is -4.73. The summed E-state index contributed by atoms with van der Waals surface area (Å²) in [6.07, 6.45) is -3.20. The second-order valence-corrected chi connectivity index (χ2v) is 9.50. The van der Waals surface area contributed by atoms with Crippen molar-refractivity contribution in [2.45, 2.75) is 32.5 Å². The van der Waals surface area contributed by atoms with Crippen molar-refractivity contribution in [3.8, 4) is 28.2 Å². The molecule has 4 rings (SSSR count). The Hall–Kier alpha value is -4.06. The summed E-state index contributed by atoms with van der Waals surface area (Å²) >= 11 is 5.82. The predicted molar refractivity (Wildman–Crippen MR) is 132 cm³/mol. The minimum absolute atomic E-state index is 0.140. The number of alkyl halides is 3. The molecule has 3 aromatic heterocycles. The summed E-state index contributed by atoms with van der Waals surface area (Å²) in [5.41, 5.74) is -0.0709. The molecular weight excluding hydrogens is 528 g/mol. The highest BCUT2D eigenvalue weighted by atomic mass is 35.5. The Morgan fingerprint density at radius 1 is 1.05 bits per heavy atom. The van der Waals surface area contributed by atoms with Crippen LogP contribution in [-0.4, -0.2) is 49.4 Å². The van der Waals surface area contributed by atoms with Crippen LogP contribution in [0.25, 0.3) is 28.2 Å². The van der Waals surface area contributed by atoms with Crippen LogP contribution in [0.5, 0.6) is 0 Å². The standard InChI is InChI=1S/C25H21ClF4N6O2/c1-24(2,3)38-23(37)35(14-25(28,29)30)21-12-15(10-11-31-21)17-13-36(20-9-8-19(26)32-33-20)34-22(17)16-6-4-5-7-18(16)27/h4-13H,14H2,1-3H3. The van der Waals surface area contributed by atoms with Gasteiger partial charge in [-0.05, 0) is 62.7 Å². The fourth-order valence-corrected chi connectivity index (χ4v) is 3.56. The van der Waals surface area contributed by atoms with Crippen molar-refractivity contribution >= 4 is 23.5 Å². The lowest BCUT2D eigenvalue weighted by molar-refractivity contribution is -0.119. The highest BCUT2D eigenvalue weighted by Gasteiger charge is 2.36. The van der Waals surface area contributed by atoms with Gasteiger partial charge >= 0.3 is 12.3 Å². The van der Waals surface area contributed by atoms with E-state index in [1.165, 1.54) is 74.2 Å². The first-order chi connectivity index (χ1) is 17.8. The normalized spacial score (nSPS) is 11.9. The fraction of sp³-hybridized carbons (Fsp3) is 0.240. The van der Waals surface area contributed by atoms with Crippen molar-refractivity contribution in [1.29, 1.82) is 0 Å². The van der Waals surface area contributed by atoms with Gasteiger partial charge in [0.25, 0.3) is 0 Å². The minimum Gasteiger partial charge on any atom is -0.443 e. The van der Waals surface area contributed by atoms with Gasteiger partial charge in [0.05, 0.1) is 0 Å². The summed E-state index contributed by atoms with van der Waals surface area (Å²) in [5, 5.41) is 12.4. The number of amides is 1. The Morgan fingerprint density at radius 2 is 1.79 bits per heavy atom. The van der Waals surface area contributed by atoms with Crippen molar-refractivity contribution in [1.82, 2.24) is 25.0 Å². The van der Waals surface area contributed by atoms with Crippen molar-refractivity contribution in [2.75, 3.05) is 11.4 Å². The Labute approximate surface area is 219 Å². The highest BCUT2D eigenvalue weighted by molar-refractivity contribution is 6.29. The molecule has 38 heavy (non-hydrogen) atoms. The van der Waals surface area contributed by atoms with Gasteiger partial charge in [-0.1, -0.05) is 23.7 Å². The lowest BCUT2D eigenvalue weighted by Crippen LogP contribution is -2.42. The third-order valence-corrected chi connectivity index (χ3v) is 5.18. The van der Waals surface area contributed by atoms with Crippen molar-refractivity contribution < 1.29 is 27.1 Å². The maximum Gasteiger partial charge on any atom is 0.416 e. The number of halogens is 5. The number of carbonyl (C=O) groups is 1. The van der Waals surface area contributed by atoms with E-state index in [4.69, 9.17) is 16.3 Å². The van der Waals surface area contributed by atoms with Crippen LogP contribution >= 0.6 is 11.6 Å². The van der Waals surface area contributed by atoms with Gasteiger partial charge in [-0.15, -0.1) is 10.2 Å². The molecule has 0 atom stereocenters. The molecule has 3 heterocycles. The summed E-state index contributed by atoms with van der Waals surface area (Å²) < 4.78 is 61.5. The van der Waals surface area contributed by atoms with Crippen LogP contribution in [0, 0.1) is 5.82 Å². The number of nitrogens with zero attached hydrogens (tertiary/aromatic N) is 6. The highest BCUT2D eigenvalue weighted by Crippen LogP contribution is 2.35. The SMILES string of the molecule is CC(C)(C)OC(=O)N(CC(F)(F)F)c1cc(-c2cn(-c3ccc(Cl)nn3)nc2-c2ccccc2F)ccn1. The molecule has 0 spiro atoms. The monoisotopic (exact) mass is 548 g/mol. The summed E-state index contributed by atoms with van der Waals surface area (Å²) in [5.74, 6) is -0.615. The second kappa shape index (κ2) is 10.4. The molecular formula is C25H21ClF4N6O2. The molecule has 0 aliphatic heterocycles. The summed E-state index contributed by atoms with van der Waals surface area (Å²) in [7, 11) is 0. The zero-order valence-electron chi connectivity index (χ0n) is 20.4. The molecule has 0 saturated carbocycles. The van der Waals surface area contributed by atoms with Crippen LogP contribution < -0.4 is 4.90 Å². The summed E-state index contributed by atoms with van der Waals surface area (Å²) in [4.78, 5) is 17.1. The van der Waals surface area contributed by atoms with Crippen LogP contribution in [0.3, 0.4) is 0 Å². The number of ether oxygens (including phenoxy) is 1. The van der Waals surface area contributed by atoms with Crippen LogP contribution in [-0.2, 0) is 4.74 Å². The molecule has 0 aliphatic rings. The first-order valence-corrected chi connectivity index (χ1v) is 11.6. The molecule has 0 aliphatic carbocycles.